The summed E-state index contributed by atoms with van der Waals surface area (Å²) in [6, 6.07) is 6.47. The van der Waals surface area contributed by atoms with Gasteiger partial charge in [-0.2, -0.15) is 0 Å². The molecule has 0 saturated carbocycles. The number of nitrogens with two attached hydrogens (primary N) is 2. The number of unbranched alkanes of at least 4 members (excludes halogenated alkanes) is 1. The van der Waals surface area contributed by atoms with Gasteiger partial charge in [0.15, 0.2) is 0 Å². The molecule has 1 atom stereocenters. The van der Waals surface area contributed by atoms with Crippen molar-refractivity contribution in [1.82, 2.24) is 4.90 Å². The van der Waals surface area contributed by atoms with E-state index >= 15 is 0 Å². The normalized spacial score (nSPS) is 11.9. The highest BCUT2D eigenvalue weighted by Crippen LogP contribution is 2.08. The molecule has 0 aliphatic carbocycles. The summed E-state index contributed by atoms with van der Waals surface area (Å²) in [6.45, 7) is 2.54. The van der Waals surface area contributed by atoms with E-state index in [9.17, 15) is 9.59 Å². The van der Waals surface area contributed by atoms with Crippen LogP contribution in [0.5, 0.6) is 0 Å². The Kier molecular flexibility index (Phi) is 6.18. The number of carbonyl (C=O) groups excluding carboxylic acids is 2. The number of hydrogen-bond donors (Lipinski definition) is 2. The summed E-state index contributed by atoms with van der Waals surface area (Å²) in [5.74, 6) is -0.514. The highest BCUT2D eigenvalue weighted by molar-refractivity contribution is 5.92. The second kappa shape index (κ2) is 7.65. The molecule has 1 aromatic rings. The number of benzene rings is 1. The number of primary amides is 1. The fraction of sp³-hybridized carbons (Fsp3) is 0.467. The van der Waals surface area contributed by atoms with Crippen molar-refractivity contribution < 1.29 is 9.59 Å². The van der Waals surface area contributed by atoms with Crippen LogP contribution < -0.4 is 11.5 Å². The van der Waals surface area contributed by atoms with E-state index in [2.05, 4.69) is 6.92 Å². The average molecular weight is 277 g/mol. The van der Waals surface area contributed by atoms with Crippen LogP contribution in [0.25, 0.3) is 0 Å². The second-order valence-corrected chi connectivity index (χ2v) is 5.00. The van der Waals surface area contributed by atoms with Crippen LogP contribution in [0.4, 0.5) is 0 Å². The van der Waals surface area contributed by atoms with Crippen LogP contribution in [-0.4, -0.2) is 29.8 Å². The van der Waals surface area contributed by atoms with Gasteiger partial charge in [0.2, 0.25) is 11.8 Å². The first-order valence-corrected chi connectivity index (χ1v) is 6.85. The van der Waals surface area contributed by atoms with E-state index in [0.717, 1.165) is 18.4 Å². The lowest BCUT2D eigenvalue weighted by molar-refractivity contribution is -0.132. The highest BCUT2D eigenvalue weighted by Gasteiger charge is 2.17. The zero-order valence-corrected chi connectivity index (χ0v) is 12.1. The Morgan fingerprint density at radius 2 is 1.85 bits per heavy atom. The van der Waals surface area contributed by atoms with Crippen molar-refractivity contribution in [3.8, 4) is 0 Å². The smallest absolute Gasteiger partial charge is 0.248 e. The molecule has 0 aliphatic rings. The molecule has 110 valence electrons. The molecule has 0 spiro atoms. The lowest BCUT2D eigenvalue weighted by Crippen LogP contribution is -2.41. The first-order valence-electron chi connectivity index (χ1n) is 6.85. The maximum atomic E-state index is 12.1. The predicted octanol–water partition coefficient (Wildman–Crippen LogP) is 1.26. The molecule has 1 rings (SSSR count). The van der Waals surface area contributed by atoms with E-state index < -0.39 is 11.9 Å². The van der Waals surface area contributed by atoms with E-state index in [4.69, 9.17) is 11.5 Å². The van der Waals surface area contributed by atoms with Crippen molar-refractivity contribution in [1.29, 1.82) is 0 Å². The number of amides is 2. The largest absolute Gasteiger partial charge is 0.366 e. The summed E-state index contributed by atoms with van der Waals surface area (Å²) in [4.78, 5) is 24.6. The third kappa shape index (κ3) is 4.66. The van der Waals surface area contributed by atoms with Crippen LogP contribution in [0, 0.1) is 0 Å². The molecule has 20 heavy (non-hydrogen) atoms. The quantitative estimate of drug-likeness (QED) is 0.786. The molecule has 0 aliphatic heterocycles. The van der Waals surface area contributed by atoms with Crippen LogP contribution in [0.2, 0.25) is 0 Å². The van der Waals surface area contributed by atoms with Gasteiger partial charge in [-0.15, -0.1) is 0 Å². The molecule has 5 heteroatoms. The van der Waals surface area contributed by atoms with Crippen LogP contribution in [-0.2, 0) is 11.3 Å². The molecule has 4 N–H and O–H groups in total. The minimum atomic E-state index is -0.456. The maximum absolute atomic E-state index is 12.1. The first kappa shape index (κ1) is 16.2. The van der Waals surface area contributed by atoms with Crippen LogP contribution >= 0.6 is 0 Å². The molecule has 5 nitrogen and oxygen atoms in total. The van der Waals surface area contributed by atoms with Crippen LogP contribution in [0.3, 0.4) is 0 Å². The van der Waals surface area contributed by atoms with Gasteiger partial charge < -0.3 is 16.4 Å². The van der Waals surface area contributed by atoms with Gasteiger partial charge in [-0.3, -0.25) is 9.59 Å². The molecular weight excluding hydrogens is 254 g/mol. The molecule has 0 radical (unpaired) electrons. The molecule has 1 aromatic carbocycles. The summed E-state index contributed by atoms with van der Waals surface area (Å²) >= 11 is 0. The molecule has 0 bridgehead atoms. The number of rotatable bonds is 7. The Hall–Kier alpha value is -1.88. The zero-order valence-electron chi connectivity index (χ0n) is 12.1. The molecule has 0 heterocycles. The molecule has 2 amide bonds. The number of nitrogens with zero attached hydrogens (tertiary/aromatic N) is 1. The summed E-state index contributed by atoms with van der Waals surface area (Å²) in [5.41, 5.74) is 12.4. The van der Waals surface area contributed by atoms with Gasteiger partial charge in [0.05, 0.1) is 6.04 Å². The topological polar surface area (TPSA) is 89.4 Å². The second-order valence-electron chi connectivity index (χ2n) is 5.00. The van der Waals surface area contributed by atoms with E-state index in [0.29, 0.717) is 18.5 Å². The average Bonchev–Trinajstić information content (AvgIpc) is 2.44. The van der Waals surface area contributed by atoms with E-state index in [1.54, 1.807) is 36.2 Å². The highest BCUT2D eigenvalue weighted by atomic mass is 16.2. The van der Waals surface area contributed by atoms with E-state index in [1.165, 1.54) is 0 Å². The Morgan fingerprint density at radius 3 is 2.35 bits per heavy atom. The molecule has 0 fully saturated rings. The van der Waals surface area contributed by atoms with Gasteiger partial charge in [-0.25, -0.2) is 0 Å². The maximum Gasteiger partial charge on any atom is 0.248 e. The van der Waals surface area contributed by atoms with Crippen molar-refractivity contribution in [2.24, 2.45) is 11.5 Å². The Bertz CT molecular complexity index is 457. The minimum Gasteiger partial charge on any atom is -0.366 e. The van der Waals surface area contributed by atoms with Crippen molar-refractivity contribution >= 4 is 11.8 Å². The summed E-state index contributed by atoms with van der Waals surface area (Å²) < 4.78 is 0. The third-order valence-corrected chi connectivity index (χ3v) is 3.22. The van der Waals surface area contributed by atoms with Crippen molar-refractivity contribution in [3.05, 3.63) is 35.4 Å². The van der Waals surface area contributed by atoms with Gasteiger partial charge >= 0.3 is 0 Å². The van der Waals surface area contributed by atoms with E-state index in [1.807, 2.05) is 0 Å². The predicted molar refractivity (Wildman–Crippen MR) is 78.9 cm³/mol. The minimum absolute atomic E-state index is 0.0579. The standard InChI is InChI=1S/C15H23N3O2/c1-3-4-5-13(16)15(20)18(2)10-11-6-8-12(9-7-11)14(17)19/h6-9,13H,3-5,10,16H2,1-2H3,(H2,17,19)/t13-/m0/s1. The fourth-order valence-corrected chi connectivity index (χ4v) is 1.96. The summed E-state index contributed by atoms with van der Waals surface area (Å²) in [5, 5.41) is 0. The summed E-state index contributed by atoms with van der Waals surface area (Å²) in [7, 11) is 1.73. The first-order chi connectivity index (χ1) is 9.45. The van der Waals surface area contributed by atoms with Crippen LogP contribution in [0.15, 0.2) is 24.3 Å². The molecule has 0 saturated heterocycles. The van der Waals surface area contributed by atoms with Gasteiger partial charge in [-0.05, 0) is 24.1 Å². The lowest BCUT2D eigenvalue weighted by atomic mass is 10.1. The molecule has 0 aromatic heterocycles. The van der Waals surface area contributed by atoms with E-state index in [-0.39, 0.29) is 5.91 Å². The number of likely N-dealkylation sites (N-methyl/N-ethyl adjacent to an activating group) is 1. The summed E-state index contributed by atoms with van der Waals surface area (Å²) in [6.07, 6.45) is 2.69. The zero-order chi connectivity index (χ0) is 15.1. The van der Waals surface area contributed by atoms with Gasteiger partial charge in [-0.1, -0.05) is 31.9 Å². The Labute approximate surface area is 119 Å². The van der Waals surface area contributed by atoms with Gasteiger partial charge in [0.25, 0.3) is 0 Å². The SMILES string of the molecule is CCCC[C@H](N)C(=O)N(C)Cc1ccc(C(N)=O)cc1. The lowest BCUT2D eigenvalue weighted by Gasteiger charge is -2.21. The molecule has 0 unspecified atom stereocenters. The fourth-order valence-electron chi connectivity index (χ4n) is 1.96. The number of hydrogen-bond acceptors (Lipinski definition) is 3. The van der Waals surface area contributed by atoms with Crippen molar-refractivity contribution in [3.63, 3.8) is 0 Å². The Morgan fingerprint density at radius 1 is 1.25 bits per heavy atom. The monoisotopic (exact) mass is 277 g/mol. The van der Waals surface area contributed by atoms with Gasteiger partial charge in [0, 0.05) is 19.2 Å². The van der Waals surface area contributed by atoms with Crippen molar-refractivity contribution in [2.75, 3.05) is 7.05 Å². The molecular formula is C15H23N3O2. The third-order valence-electron chi connectivity index (χ3n) is 3.22. The van der Waals surface area contributed by atoms with Gasteiger partial charge in [0.1, 0.15) is 0 Å². The van der Waals surface area contributed by atoms with Crippen molar-refractivity contribution in [2.45, 2.75) is 38.8 Å². The Balaban J connectivity index is 2.58. The van der Waals surface area contributed by atoms with Crippen LogP contribution in [0.1, 0.15) is 42.1 Å². The number of carbonyl (C=O) groups is 2.